The van der Waals surface area contributed by atoms with Crippen molar-refractivity contribution in [2.24, 2.45) is 23.2 Å². The molecule has 23 heavy (non-hydrogen) atoms. The van der Waals surface area contributed by atoms with Crippen molar-refractivity contribution in [3.63, 3.8) is 0 Å². The minimum atomic E-state index is -1.05. The summed E-state index contributed by atoms with van der Waals surface area (Å²) in [5, 5.41) is 12.6. The summed E-state index contributed by atoms with van der Waals surface area (Å²) in [5.41, 5.74) is 0.102. The van der Waals surface area contributed by atoms with Gasteiger partial charge in [0.25, 0.3) is 0 Å². The lowest BCUT2D eigenvalue weighted by atomic mass is 9.49. The highest BCUT2D eigenvalue weighted by molar-refractivity contribution is 6.31. The number of carboxylic acids is 1. The summed E-state index contributed by atoms with van der Waals surface area (Å²) in [6.07, 6.45) is 6.66. The average Bonchev–Trinajstić information content (AvgIpc) is 2.45. The van der Waals surface area contributed by atoms with E-state index in [0.29, 0.717) is 28.5 Å². The van der Waals surface area contributed by atoms with E-state index in [4.69, 9.17) is 11.6 Å². The number of hydrogen-bond acceptors (Lipinski definition) is 2. The van der Waals surface area contributed by atoms with Gasteiger partial charge in [0.15, 0.2) is 0 Å². The predicted molar refractivity (Wildman–Crippen MR) is 87.6 cm³/mol. The molecule has 122 valence electrons. The van der Waals surface area contributed by atoms with Gasteiger partial charge >= 0.3 is 5.97 Å². The van der Waals surface area contributed by atoms with E-state index in [-0.39, 0.29) is 16.9 Å². The molecule has 0 saturated heterocycles. The van der Waals surface area contributed by atoms with Gasteiger partial charge in [-0.1, -0.05) is 11.6 Å². The molecule has 0 unspecified atom stereocenters. The van der Waals surface area contributed by atoms with Gasteiger partial charge in [-0.05, 0) is 74.5 Å². The normalized spacial score (nSPS) is 34.4. The van der Waals surface area contributed by atoms with E-state index in [1.165, 1.54) is 37.5 Å². The first-order valence-corrected chi connectivity index (χ1v) is 8.67. The fourth-order valence-electron chi connectivity index (χ4n) is 5.45. The molecule has 2 N–H and O–H groups in total. The molecule has 5 rings (SSSR count). The van der Waals surface area contributed by atoms with E-state index in [1.807, 2.05) is 0 Å². The van der Waals surface area contributed by atoms with Crippen molar-refractivity contribution < 1.29 is 14.7 Å². The smallest absolute Gasteiger partial charge is 0.337 e. The first-order valence-electron chi connectivity index (χ1n) is 8.29. The third-order valence-electron chi connectivity index (χ3n) is 5.98. The molecule has 1 aromatic carbocycles. The number of benzene rings is 1. The van der Waals surface area contributed by atoms with Crippen LogP contribution >= 0.6 is 11.6 Å². The lowest BCUT2D eigenvalue weighted by Gasteiger charge is -2.55. The molecule has 4 bridgehead atoms. The van der Waals surface area contributed by atoms with Crippen molar-refractivity contribution in [2.75, 3.05) is 5.32 Å². The zero-order chi connectivity index (χ0) is 16.2. The number of halogens is 1. The van der Waals surface area contributed by atoms with E-state index < -0.39 is 5.97 Å². The second-order valence-electron chi connectivity index (χ2n) is 7.65. The summed E-state index contributed by atoms with van der Waals surface area (Å²) >= 11 is 5.98. The van der Waals surface area contributed by atoms with Crippen molar-refractivity contribution in [3.8, 4) is 0 Å². The van der Waals surface area contributed by atoms with Gasteiger partial charge in [-0.3, -0.25) is 4.79 Å². The van der Waals surface area contributed by atoms with Gasteiger partial charge in [0.1, 0.15) is 0 Å². The molecule has 0 radical (unpaired) electrons. The Balaban J connectivity index is 1.61. The van der Waals surface area contributed by atoms with E-state index in [2.05, 4.69) is 5.32 Å². The van der Waals surface area contributed by atoms with Crippen molar-refractivity contribution in [1.29, 1.82) is 0 Å². The standard InChI is InChI=1S/C18H20ClNO3/c19-13-1-2-14(16(21)22)15(6-13)20-17(23)18-7-10-3-11(8-18)5-12(4-10)9-18/h1-2,6,10-12H,3-5,7-9H2,(H,20,23)(H,21,22). The quantitative estimate of drug-likeness (QED) is 0.871. The first kappa shape index (κ1) is 15.0. The number of amides is 1. The Kier molecular flexibility index (Phi) is 3.41. The number of hydrogen-bond donors (Lipinski definition) is 2. The lowest BCUT2D eigenvalue weighted by molar-refractivity contribution is -0.140. The molecule has 1 amide bonds. The Morgan fingerprint density at radius 2 is 1.65 bits per heavy atom. The van der Waals surface area contributed by atoms with Crippen LogP contribution in [0.5, 0.6) is 0 Å². The zero-order valence-corrected chi connectivity index (χ0v) is 13.6. The number of nitrogens with one attached hydrogen (secondary N) is 1. The molecule has 0 aromatic heterocycles. The van der Waals surface area contributed by atoms with Crippen LogP contribution in [0.3, 0.4) is 0 Å². The third kappa shape index (κ3) is 2.53. The fraction of sp³-hybridized carbons (Fsp3) is 0.556. The summed E-state index contributed by atoms with van der Waals surface area (Å²) in [6, 6.07) is 4.51. The topological polar surface area (TPSA) is 66.4 Å². The Bertz CT molecular complexity index is 650. The summed E-state index contributed by atoms with van der Waals surface area (Å²) in [5.74, 6) is 0.949. The van der Waals surface area contributed by atoms with Crippen LogP contribution in [-0.2, 0) is 4.79 Å². The van der Waals surface area contributed by atoms with E-state index in [1.54, 1.807) is 0 Å². The molecule has 0 aliphatic heterocycles. The van der Waals surface area contributed by atoms with Crippen LogP contribution in [0.15, 0.2) is 18.2 Å². The molecule has 0 spiro atoms. The van der Waals surface area contributed by atoms with Gasteiger partial charge in [-0.2, -0.15) is 0 Å². The van der Waals surface area contributed by atoms with Crippen LogP contribution in [-0.4, -0.2) is 17.0 Å². The van der Waals surface area contributed by atoms with Crippen LogP contribution in [0.25, 0.3) is 0 Å². The molecule has 5 heteroatoms. The molecule has 1 aromatic rings. The highest BCUT2D eigenvalue weighted by atomic mass is 35.5. The Morgan fingerprint density at radius 3 is 2.17 bits per heavy atom. The molecule has 4 fully saturated rings. The van der Waals surface area contributed by atoms with Crippen molar-refractivity contribution in [2.45, 2.75) is 38.5 Å². The summed E-state index contributed by atoms with van der Waals surface area (Å²) < 4.78 is 0. The average molecular weight is 334 g/mol. The highest BCUT2D eigenvalue weighted by Crippen LogP contribution is 2.60. The zero-order valence-electron chi connectivity index (χ0n) is 12.8. The molecule has 4 saturated carbocycles. The number of carbonyl (C=O) groups is 2. The van der Waals surface area contributed by atoms with Gasteiger partial charge in [0, 0.05) is 5.02 Å². The SMILES string of the molecule is O=C(O)c1ccc(Cl)cc1NC(=O)C12CC3CC(CC(C3)C1)C2. The van der Waals surface area contributed by atoms with Gasteiger partial charge in [0.05, 0.1) is 16.7 Å². The molecular weight excluding hydrogens is 314 g/mol. The molecule has 4 aliphatic carbocycles. The number of rotatable bonds is 3. The van der Waals surface area contributed by atoms with Crippen LogP contribution in [0.4, 0.5) is 5.69 Å². The summed E-state index contributed by atoms with van der Waals surface area (Å²) in [4.78, 5) is 24.4. The van der Waals surface area contributed by atoms with Crippen molar-refractivity contribution in [3.05, 3.63) is 28.8 Å². The third-order valence-corrected chi connectivity index (χ3v) is 6.22. The highest BCUT2D eigenvalue weighted by Gasteiger charge is 2.54. The number of carbonyl (C=O) groups excluding carboxylic acids is 1. The van der Waals surface area contributed by atoms with Crippen LogP contribution in [0, 0.1) is 23.2 Å². The molecule has 0 heterocycles. The molecule has 0 atom stereocenters. The Morgan fingerprint density at radius 1 is 1.09 bits per heavy atom. The van der Waals surface area contributed by atoms with Crippen LogP contribution in [0.1, 0.15) is 48.9 Å². The molecule has 4 aliphatic rings. The Hall–Kier alpha value is -1.55. The lowest BCUT2D eigenvalue weighted by Crippen LogP contribution is -2.51. The van der Waals surface area contributed by atoms with E-state index >= 15 is 0 Å². The maximum Gasteiger partial charge on any atom is 0.337 e. The molecular formula is C18H20ClNO3. The van der Waals surface area contributed by atoms with Gasteiger partial charge in [-0.25, -0.2) is 4.79 Å². The van der Waals surface area contributed by atoms with Gasteiger partial charge < -0.3 is 10.4 Å². The second kappa shape index (κ2) is 5.23. The fourth-order valence-corrected chi connectivity index (χ4v) is 5.62. The van der Waals surface area contributed by atoms with E-state index in [0.717, 1.165) is 19.3 Å². The first-order chi connectivity index (χ1) is 10.9. The largest absolute Gasteiger partial charge is 0.478 e. The van der Waals surface area contributed by atoms with Crippen LogP contribution < -0.4 is 5.32 Å². The number of carboxylic acid groups (broad SMARTS) is 1. The summed E-state index contributed by atoms with van der Waals surface area (Å²) in [6.45, 7) is 0. The number of aromatic carboxylic acids is 1. The van der Waals surface area contributed by atoms with Crippen LogP contribution in [0.2, 0.25) is 5.02 Å². The van der Waals surface area contributed by atoms with Gasteiger partial charge in [0.2, 0.25) is 5.91 Å². The van der Waals surface area contributed by atoms with E-state index in [9.17, 15) is 14.7 Å². The monoisotopic (exact) mass is 333 g/mol. The maximum atomic E-state index is 13.0. The van der Waals surface area contributed by atoms with Crippen molar-refractivity contribution in [1.82, 2.24) is 0 Å². The second-order valence-corrected chi connectivity index (χ2v) is 8.08. The minimum absolute atomic E-state index is 0.0126. The number of anilines is 1. The van der Waals surface area contributed by atoms with Crippen molar-refractivity contribution >= 4 is 29.2 Å². The summed E-state index contributed by atoms with van der Waals surface area (Å²) in [7, 11) is 0. The predicted octanol–water partition coefficient (Wildman–Crippen LogP) is 4.19. The maximum absolute atomic E-state index is 13.0. The minimum Gasteiger partial charge on any atom is -0.478 e. The Labute approximate surface area is 140 Å². The molecule has 4 nitrogen and oxygen atoms in total. The van der Waals surface area contributed by atoms with Gasteiger partial charge in [-0.15, -0.1) is 0 Å².